The monoisotopic (exact) mass is 294 g/mol. The number of ether oxygens (including phenoxy) is 2. The zero-order valence-corrected chi connectivity index (χ0v) is 12.3. The van der Waals surface area contributed by atoms with E-state index in [0.29, 0.717) is 0 Å². The Kier molecular flexibility index (Phi) is 3.52. The molecule has 1 fully saturated rings. The zero-order chi connectivity index (χ0) is 14.8. The van der Waals surface area contributed by atoms with Gasteiger partial charge in [0.05, 0.1) is 6.61 Å². The normalized spacial score (nSPS) is 18.5. The number of fused-ring (bicyclic) bond motifs is 1. The Bertz CT molecular complexity index is 758. The fourth-order valence-corrected chi connectivity index (χ4v) is 2.84. The standard InChI is InChI=1S/C18H18N2O2/c1-2-13-21-17(5-1)22-15-8-6-14(7-9-15)16-4-3-11-20-12-10-19-18(16)20/h3-4,6-12,17H,1-2,5,13H2. The number of hydrogen-bond donors (Lipinski definition) is 0. The van der Waals surface area contributed by atoms with Crippen molar-refractivity contribution in [3.05, 3.63) is 55.0 Å². The van der Waals surface area contributed by atoms with Crippen LogP contribution in [0.1, 0.15) is 19.3 Å². The van der Waals surface area contributed by atoms with Gasteiger partial charge in [0, 0.05) is 30.6 Å². The van der Waals surface area contributed by atoms with Crippen molar-refractivity contribution in [1.29, 1.82) is 0 Å². The van der Waals surface area contributed by atoms with Gasteiger partial charge in [-0.05, 0) is 42.7 Å². The van der Waals surface area contributed by atoms with E-state index in [2.05, 4.69) is 23.2 Å². The van der Waals surface area contributed by atoms with Gasteiger partial charge in [-0.25, -0.2) is 4.98 Å². The lowest BCUT2D eigenvalue weighted by atomic mass is 10.1. The van der Waals surface area contributed by atoms with Gasteiger partial charge < -0.3 is 13.9 Å². The summed E-state index contributed by atoms with van der Waals surface area (Å²) in [5.74, 6) is 0.853. The summed E-state index contributed by atoms with van der Waals surface area (Å²) in [6, 6.07) is 12.3. The van der Waals surface area contributed by atoms with Crippen LogP contribution in [0.5, 0.6) is 5.75 Å². The van der Waals surface area contributed by atoms with Crippen molar-refractivity contribution in [2.24, 2.45) is 0 Å². The number of benzene rings is 1. The highest BCUT2D eigenvalue weighted by Crippen LogP contribution is 2.26. The van der Waals surface area contributed by atoms with Crippen molar-refractivity contribution in [3.63, 3.8) is 0 Å². The second-order valence-electron chi connectivity index (χ2n) is 5.52. The number of imidazole rings is 1. The van der Waals surface area contributed by atoms with E-state index < -0.39 is 0 Å². The minimum atomic E-state index is -0.102. The Labute approximate surface area is 129 Å². The Morgan fingerprint density at radius 1 is 1.09 bits per heavy atom. The van der Waals surface area contributed by atoms with E-state index in [0.717, 1.165) is 42.0 Å². The Balaban J connectivity index is 1.57. The second kappa shape index (κ2) is 5.81. The molecule has 1 saturated heterocycles. The third-order valence-electron chi connectivity index (χ3n) is 3.99. The van der Waals surface area contributed by atoms with Gasteiger partial charge in [-0.15, -0.1) is 0 Å². The van der Waals surface area contributed by atoms with Gasteiger partial charge in [-0.3, -0.25) is 0 Å². The molecule has 3 aromatic rings. The molecule has 1 atom stereocenters. The molecule has 4 rings (SSSR count). The molecule has 112 valence electrons. The molecule has 22 heavy (non-hydrogen) atoms. The molecule has 2 aromatic heterocycles. The van der Waals surface area contributed by atoms with Crippen LogP contribution in [0.4, 0.5) is 0 Å². The van der Waals surface area contributed by atoms with Gasteiger partial charge in [0.25, 0.3) is 0 Å². The van der Waals surface area contributed by atoms with E-state index >= 15 is 0 Å². The molecule has 1 aliphatic heterocycles. The molecule has 0 radical (unpaired) electrons. The number of hydrogen-bond acceptors (Lipinski definition) is 3. The van der Waals surface area contributed by atoms with Crippen LogP contribution in [0.25, 0.3) is 16.8 Å². The van der Waals surface area contributed by atoms with Gasteiger partial charge in [0.15, 0.2) is 6.29 Å². The van der Waals surface area contributed by atoms with Gasteiger partial charge in [0.1, 0.15) is 11.4 Å². The molecule has 0 saturated carbocycles. The molecule has 0 amide bonds. The van der Waals surface area contributed by atoms with Gasteiger partial charge in [-0.1, -0.05) is 12.1 Å². The second-order valence-corrected chi connectivity index (χ2v) is 5.52. The molecule has 3 heterocycles. The van der Waals surface area contributed by atoms with Crippen LogP contribution in [0.3, 0.4) is 0 Å². The van der Waals surface area contributed by atoms with Crippen molar-refractivity contribution >= 4 is 5.65 Å². The summed E-state index contributed by atoms with van der Waals surface area (Å²) in [7, 11) is 0. The molecule has 1 aliphatic rings. The minimum absolute atomic E-state index is 0.102. The highest BCUT2D eigenvalue weighted by Gasteiger charge is 2.15. The van der Waals surface area contributed by atoms with Crippen LogP contribution < -0.4 is 4.74 Å². The highest BCUT2D eigenvalue weighted by molar-refractivity contribution is 5.77. The molecular weight excluding hydrogens is 276 g/mol. The highest BCUT2D eigenvalue weighted by atomic mass is 16.7. The van der Waals surface area contributed by atoms with E-state index in [1.54, 1.807) is 0 Å². The lowest BCUT2D eigenvalue weighted by molar-refractivity contribution is -0.105. The first-order valence-electron chi connectivity index (χ1n) is 7.70. The molecular formula is C18H18N2O2. The van der Waals surface area contributed by atoms with Gasteiger partial charge in [-0.2, -0.15) is 0 Å². The SMILES string of the molecule is c1cc(-c2ccc(OC3CCCCO3)cc2)c2nccn2c1. The topological polar surface area (TPSA) is 35.8 Å². The third-order valence-corrected chi connectivity index (χ3v) is 3.99. The molecule has 0 aliphatic carbocycles. The predicted molar refractivity (Wildman–Crippen MR) is 84.8 cm³/mol. The summed E-state index contributed by atoms with van der Waals surface area (Å²) in [5, 5.41) is 0. The van der Waals surface area contributed by atoms with E-state index in [1.165, 1.54) is 6.42 Å². The summed E-state index contributed by atoms with van der Waals surface area (Å²) >= 11 is 0. The van der Waals surface area contributed by atoms with Crippen LogP contribution in [0.2, 0.25) is 0 Å². The first kappa shape index (κ1) is 13.3. The smallest absolute Gasteiger partial charge is 0.199 e. The molecule has 0 bridgehead atoms. The number of rotatable bonds is 3. The summed E-state index contributed by atoms with van der Waals surface area (Å²) in [6.07, 6.45) is 8.94. The summed E-state index contributed by atoms with van der Waals surface area (Å²) in [5.41, 5.74) is 3.22. The third kappa shape index (κ3) is 2.57. The summed E-state index contributed by atoms with van der Waals surface area (Å²) in [6.45, 7) is 0.796. The van der Waals surface area contributed by atoms with Crippen LogP contribution in [0.15, 0.2) is 55.0 Å². The Hall–Kier alpha value is -2.33. The van der Waals surface area contributed by atoms with E-state index in [9.17, 15) is 0 Å². The average molecular weight is 294 g/mol. The average Bonchev–Trinajstić information content (AvgIpc) is 3.05. The van der Waals surface area contributed by atoms with E-state index in [4.69, 9.17) is 9.47 Å². The van der Waals surface area contributed by atoms with Crippen LogP contribution in [-0.4, -0.2) is 22.3 Å². The fourth-order valence-electron chi connectivity index (χ4n) is 2.84. The molecule has 1 unspecified atom stereocenters. The summed E-state index contributed by atoms with van der Waals surface area (Å²) < 4.78 is 13.5. The maximum absolute atomic E-state index is 5.88. The van der Waals surface area contributed by atoms with E-state index in [1.807, 2.05) is 41.2 Å². The first-order chi connectivity index (χ1) is 10.9. The molecule has 4 heteroatoms. The summed E-state index contributed by atoms with van der Waals surface area (Å²) in [4.78, 5) is 4.42. The maximum atomic E-state index is 5.88. The van der Waals surface area contributed by atoms with Crippen molar-refractivity contribution in [3.8, 4) is 16.9 Å². The maximum Gasteiger partial charge on any atom is 0.199 e. The van der Waals surface area contributed by atoms with Gasteiger partial charge in [0.2, 0.25) is 0 Å². The first-order valence-corrected chi connectivity index (χ1v) is 7.70. The molecule has 1 aromatic carbocycles. The largest absolute Gasteiger partial charge is 0.465 e. The Morgan fingerprint density at radius 3 is 2.82 bits per heavy atom. The van der Waals surface area contributed by atoms with Crippen LogP contribution in [0, 0.1) is 0 Å². The van der Waals surface area contributed by atoms with Crippen LogP contribution >= 0.6 is 0 Å². The number of nitrogens with zero attached hydrogens (tertiary/aromatic N) is 2. The quantitative estimate of drug-likeness (QED) is 0.735. The number of aromatic nitrogens is 2. The molecule has 0 spiro atoms. The van der Waals surface area contributed by atoms with Crippen LogP contribution in [-0.2, 0) is 4.74 Å². The fraction of sp³-hybridized carbons (Fsp3) is 0.278. The van der Waals surface area contributed by atoms with E-state index in [-0.39, 0.29) is 6.29 Å². The zero-order valence-electron chi connectivity index (χ0n) is 12.3. The Morgan fingerprint density at radius 2 is 2.00 bits per heavy atom. The molecule has 4 nitrogen and oxygen atoms in total. The van der Waals surface area contributed by atoms with Crippen molar-refractivity contribution < 1.29 is 9.47 Å². The number of pyridine rings is 1. The lowest BCUT2D eigenvalue weighted by Crippen LogP contribution is -2.24. The van der Waals surface area contributed by atoms with Crippen molar-refractivity contribution in [1.82, 2.24) is 9.38 Å². The predicted octanol–water partition coefficient (Wildman–Crippen LogP) is 3.91. The van der Waals surface area contributed by atoms with Crippen molar-refractivity contribution in [2.45, 2.75) is 25.6 Å². The molecule has 0 N–H and O–H groups in total. The van der Waals surface area contributed by atoms with Gasteiger partial charge >= 0.3 is 0 Å². The van der Waals surface area contributed by atoms with Crippen molar-refractivity contribution in [2.75, 3.05) is 6.61 Å². The minimum Gasteiger partial charge on any atom is -0.465 e. The lowest BCUT2D eigenvalue weighted by Gasteiger charge is -2.23.